The summed E-state index contributed by atoms with van der Waals surface area (Å²) in [4.78, 5) is 16.6. The first-order valence-corrected chi connectivity index (χ1v) is 12.0. The van der Waals surface area contributed by atoms with Crippen LogP contribution < -0.4 is 10.1 Å². The molecule has 0 saturated carbocycles. The predicted octanol–water partition coefficient (Wildman–Crippen LogP) is 4.18. The Morgan fingerprint density at radius 2 is 1.78 bits per heavy atom. The van der Waals surface area contributed by atoms with Gasteiger partial charge in [0.1, 0.15) is 5.75 Å². The average Bonchev–Trinajstić information content (AvgIpc) is 3.30. The van der Waals surface area contributed by atoms with Crippen molar-refractivity contribution in [2.24, 2.45) is 0 Å². The Hall–Kier alpha value is -4.05. The summed E-state index contributed by atoms with van der Waals surface area (Å²) in [5.41, 5.74) is 4.61. The van der Waals surface area contributed by atoms with Gasteiger partial charge in [0.15, 0.2) is 0 Å². The number of para-hydroxylation sites is 1. The van der Waals surface area contributed by atoms with Crippen molar-refractivity contribution in [2.45, 2.75) is 39.0 Å². The first-order chi connectivity index (χ1) is 17.5. The molecule has 0 aliphatic heterocycles. The number of fused-ring (bicyclic) bond motifs is 1. The molecule has 0 saturated heterocycles. The number of hydrogen-bond donors (Lipinski definition) is 4. The van der Waals surface area contributed by atoms with Gasteiger partial charge in [-0.25, -0.2) is 0 Å². The van der Waals surface area contributed by atoms with Crippen molar-refractivity contribution in [2.75, 3.05) is 6.61 Å². The molecule has 3 aromatic carbocycles. The molecule has 0 radical (unpaired) electrons. The first-order valence-electron chi connectivity index (χ1n) is 12.0. The third-order valence-electron chi connectivity index (χ3n) is 5.74. The van der Waals surface area contributed by atoms with Gasteiger partial charge < -0.3 is 25.3 Å². The number of carbonyl (C=O) groups is 1. The second-order valence-corrected chi connectivity index (χ2v) is 8.90. The van der Waals surface area contributed by atoms with Crippen LogP contribution in [0, 0.1) is 11.8 Å². The molecule has 0 aliphatic carbocycles. The standard InChI is InChI=1S/C30H30N2O4/c1-20(2)36-29-13-12-22(11-10-21-6-5-7-23(14-21)18-33)15-27(29)30(35)32-25(19-34)16-24-17-31-28-9-4-3-8-26(24)28/h3-9,12-15,17,20,25,31,33-34H,16,18-19H2,1-2H3,(H,32,35)/t25-/m1/s1. The van der Waals surface area contributed by atoms with Crippen LogP contribution in [0.3, 0.4) is 0 Å². The van der Waals surface area contributed by atoms with Gasteiger partial charge in [-0.05, 0) is 67.8 Å². The van der Waals surface area contributed by atoms with E-state index in [4.69, 9.17) is 4.74 Å². The Morgan fingerprint density at radius 3 is 2.53 bits per heavy atom. The van der Waals surface area contributed by atoms with Gasteiger partial charge in [0.05, 0.1) is 30.9 Å². The quantitative estimate of drug-likeness (QED) is 0.284. The fourth-order valence-corrected chi connectivity index (χ4v) is 4.02. The van der Waals surface area contributed by atoms with E-state index in [1.807, 2.05) is 74.6 Å². The third kappa shape index (κ3) is 6.14. The van der Waals surface area contributed by atoms with Crippen molar-refractivity contribution in [1.82, 2.24) is 10.3 Å². The zero-order valence-electron chi connectivity index (χ0n) is 20.4. The monoisotopic (exact) mass is 482 g/mol. The molecule has 0 aliphatic rings. The SMILES string of the molecule is CC(C)Oc1ccc(C#Cc2cccc(CO)c2)cc1C(=O)N[C@@H](CO)Cc1c[nH]c2ccccc12. The molecule has 4 rings (SSSR count). The highest BCUT2D eigenvalue weighted by atomic mass is 16.5. The lowest BCUT2D eigenvalue weighted by atomic mass is 10.0. The number of hydrogen-bond acceptors (Lipinski definition) is 4. The number of aliphatic hydroxyl groups is 2. The number of amides is 1. The third-order valence-corrected chi connectivity index (χ3v) is 5.74. The number of benzene rings is 3. The molecule has 4 N–H and O–H groups in total. The van der Waals surface area contributed by atoms with Gasteiger partial charge in [-0.3, -0.25) is 4.79 Å². The normalized spacial score (nSPS) is 11.7. The minimum atomic E-state index is -0.473. The van der Waals surface area contributed by atoms with Crippen molar-refractivity contribution >= 4 is 16.8 Å². The van der Waals surface area contributed by atoms with E-state index in [1.54, 1.807) is 12.1 Å². The fraction of sp³-hybridized carbons (Fsp3) is 0.233. The van der Waals surface area contributed by atoms with Crippen LogP contribution in [0.5, 0.6) is 5.75 Å². The number of H-pyrrole nitrogens is 1. The summed E-state index contributed by atoms with van der Waals surface area (Å²) >= 11 is 0. The van der Waals surface area contributed by atoms with Crippen molar-refractivity contribution in [1.29, 1.82) is 0 Å². The number of aromatic amines is 1. The molecule has 1 aromatic heterocycles. The van der Waals surface area contributed by atoms with Crippen LogP contribution in [0.1, 0.15) is 46.5 Å². The Bertz CT molecular complexity index is 1410. The van der Waals surface area contributed by atoms with E-state index in [0.717, 1.165) is 27.6 Å². The van der Waals surface area contributed by atoms with Gasteiger partial charge in [-0.2, -0.15) is 0 Å². The van der Waals surface area contributed by atoms with E-state index in [9.17, 15) is 15.0 Å². The summed E-state index contributed by atoms with van der Waals surface area (Å²) in [6.45, 7) is 3.55. The van der Waals surface area contributed by atoms with Gasteiger partial charge in [-0.1, -0.05) is 42.2 Å². The maximum Gasteiger partial charge on any atom is 0.255 e. The van der Waals surface area contributed by atoms with Crippen molar-refractivity contribution < 1.29 is 19.7 Å². The molecule has 4 aromatic rings. The maximum absolute atomic E-state index is 13.3. The van der Waals surface area contributed by atoms with E-state index < -0.39 is 6.04 Å². The second kappa shape index (κ2) is 11.6. The molecule has 0 bridgehead atoms. The Balaban J connectivity index is 1.57. The summed E-state index contributed by atoms with van der Waals surface area (Å²) in [5.74, 6) is 6.29. The summed E-state index contributed by atoms with van der Waals surface area (Å²) in [6.07, 6.45) is 2.27. The summed E-state index contributed by atoms with van der Waals surface area (Å²) in [7, 11) is 0. The lowest BCUT2D eigenvalue weighted by Crippen LogP contribution is -2.39. The Kier molecular flexibility index (Phi) is 8.06. The van der Waals surface area contributed by atoms with Crippen LogP contribution in [-0.4, -0.2) is 39.9 Å². The lowest BCUT2D eigenvalue weighted by molar-refractivity contribution is 0.0910. The predicted molar refractivity (Wildman–Crippen MR) is 141 cm³/mol. The highest BCUT2D eigenvalue weighted by Crippen LogP contribution is 2.23. The van der Waals surface area contributed by atoms with E-state index in [1.165, 1.54) is 0 Å². The number of ether oxygens (including phenoxy) is 1. The van der Waals surface area contributed by atoms with Gasteiger partial charge in [0, 0.05) is 28.2 Å². The molecule has 36 heavy (non-hydrogen) atoms. The first kappa shape index (κ1) is 25.1. The van der Waals surface area contributed by atoms with Gasteiger partial charge >= 0.3 is 0 Å². The van der Waals surface area contributed by atoms with E-state index in [-0.39, 0.29) is 25.2 Å². The van der Waals surface area contributed by atoms with Crippen LogP contribution in [0.2, 0.25) is 0 Å². The average molecular weight is 483 g/mol. The summed E-state index contributed by atoms with van der Waals surface area (Å²) in [5, 5.41) is 23.4. The Labute approximate surface area is 210 Å². The van der Waals surface area contributed by atoms with Crippen LogP contribution in [0.4, 0.5) is 0 Å². The second-order valence-electron chi connectivity index (χ2n) is 8.90. The fourth-order valence-electron chi connectivity index (χ4n) is 4.02. The highest BCUT2D eigenvalue weighted by Gasteiger charge is 2.19. The molecular formula is C30H30N2O4. The highest BCUT2D eigenvalue weighted by molar-refractivity contribution is 5.97. The van der Waals surface area contributed by atoms with Crippen molar-refractivity contribution in [3.8, 4) is 17.6 Å². The largest absolute Gasteiger partial charge is 0.490 e. The number of aliphatic hydroxyl groups excluding tert-OH is 2. The lowest BCUT2D eigenvalue weighted by Gasteiger charge is -2.19. The molecule has 6 nitrogen and oxygen atoms in total. The van der Waals surface area contributed by atoms with Gasteiger partial charge in [0.2, 0.25) is 0 Å². The van der Waals surface area contributed by atoms with Crippen LogP contribution in [-0.2, 0) is 13.0 Å². The number of carbonyl (C=O) groups excluding carboxylic acids is 1. The number of aromatic nitrogens is 1. The summed E-state index contributed by atoms with van der Waals surface area (Å²) in [6, 6.07) is 20.1. The zero-order chi connectivity index (χ0) is 25.5. The van der Waals surface area contributed by atoms with Crippen LogP contribution in [0.25, 0.3) is 10.9 Å². The van der Waals surface area contributed by atoms with Crippen LogP contribution in [0.15, 0.2) is 72.9 Å². The zero-order valence-corrected chi connectivity index (χ0v) is 20.4. The van der Waals surface area contributed by atoms with Crippen LogP contribution >= 0.6 is 0 Å². The molecule has 184 valence electrons. The molecular weight excluding hydrogens is 452 g/mol. The molecule has 0 spiro atoms. The minimum absolute atomic E-state index is 0.0499. The number of rotatable bonds is 8. The Morgan fingerprint density at radius 1 is 1.00 bits per heavy atom. The molecule has 1 atom stereocenters. The van der Waals surface area contributed by atoms with Crippen molar-refractivity contribution in [3.63, 3.8) is 0 Å². The van der Waals surface area contributed by atoms with Gasteiger partial charge in [0.25, 0.3) is 5.91 Å². The summed E-state index contributed by atoms with van der Waals surface area (Å²) < 4.78 is 5.89. The molecule has 1 heterocycles. The smallest absolute Gasteiger partial charge is 0.255 e. The molecule has 6 heteroatoms. The van der Waals surface area contributed by atoms with Gasteiger partial charge in [-0.15, -0.1) is 0 Å². The van der Waals surface area contributed by atoms with E-state index >= 15 is 0 Å². The van der Waals surface area contributed by atoms with Crippen molar-refractivity contribution in [3.05, 3.63) is 101 Å². The topological polar surface area (TPSA) is 94.6 Å². The van der Waals surface area contributed by atoms with E-state index in [2.05, 4.69) is 22.1 Å². The minimum Gasteiger partial charge on any atom is -0.490 e. The number of nitrogens with one attached hydrogen (secondary N) is 2. The molecule has 1 amide bonds. The molecule has 0 unspecified atom stereocenters. The molecule has 0 fully saturated rings. The van der Waals surface area contributed by atoms with E-state index in [0.29, 0.717) is 23.3 Å². The maximum atomic E-state index is 13.3.